The van der Waals surface area contributed by atoms with Crippen LogP contribution in [0.4, 0.5) is 5.69 Å². The third-order valence-corrected chi connectivity index (χ3v) is 9.58. The number of sulfonamides is 1. The second-order valence-corrected chi connectivity index (χ2v) is 14.0. The first kappa shape index (κ1) is 34.0. The van der Waals surface area contributed by atoms with Crippen LogP contribution in [-0.4, -0.2) is 44.3 Å². The largest absolute Gasteiger partial charge is 0.354 e. The number of para-hydroxylation sites is 1. The lowest BCUT2D eigenvalue weighted by Crippen LogP contribution is -2.53. The minimum Gasteiger partial charge on any atom is -0.354 e. The summed E-state index contributed by atoms with van der Waals surface area (Å²) in [5, 5.41) is 3.68. The molecule has 0 fully saturated rings. The van der Waals surface area contributed by atoms with Gasteiger partial charge in [0, 0.05) is 24.5 Å². The van der Waals surface area contributed by atoms with Gasteiger partial charge >= 0.3 is 0 Å². The van der Waals surface area contributed by atoms with Crippen LogP contribution in [0.1, 0.15) is 30.5 Å². The first-order valence-electron chi connectivity index (χ1n) is 14.6. The monoisotopic (exact) mass is 665 g/mol. The number of hydrogen-bond donors (Lipinski definition) is 1. The minimum absolute atomic E-state index is 0.0144. The van der Waals surface area contributed by atoms with E-state index in [-0.39, 0.29) is 40.4 Å². The summed E-state index contributed by atoms with van der Waals surface area (Å²) in [4.78, 5) is 29.8. The molecule has 0 aromatic heterocycles. The van der Waals surface area contributed by atoms with Crippen molar-refractivity contribution in [2.75, 3.05) is 17.4 Å². The smallest absolute Gasteiger partial charge is 0.264 e. The Bertz CT molecular complexity index is 1700. The molecule has 0 spiro atoms. The van der Waals surface area contributed by atoms with Gasteiger partial charge < -0.3 is 10.2 Å². The Labute approximate surface area is 275 Å². The van der Waals surface area contributed by atoms with Crippen molar-refractivity contribution < 1.29 is 18.0 Å². The molecule has 0 unspecified atom stereocenters. The lowest BCUT2D eigenvalue weighted by molar-refractivity contribution is -0.140. The van der Waals surface area contributed by atoms with Gasteiger partial charge in [-0.05, 0) is 60.4 Å². The Morgan fingerprint density at radius 3 is 2.04 bits per heavy atom. The molecule has 0 aliphatic carbocycles. The molecule has 0 bridgehead atoms. The van der Waals surface area contributed by atoms with Gasteiger partial charge in [-0.2, -0.15) is 0 Å². The van der Waals surface area contributed by atoms with Gasteiger partial charge in [0.2, 0.25) is 11.8 Å². The van der Waals surface area contributed by atoms with E-state index in [1.807, 2.05) is 51.1 Å². The molecule has 0 heterocycles. The molecule has 236 valence electrons. The summed E-state index contributed by atoms with van der Waals surface area (Å²) in [6.07, 6.45) is 0.223. The molecule has 4 rings (SSSR count). The van der Waals surface area contributed by atoms with E-state index in [0.29, 0.717) is 11.6 Å². The van der Waals surface area contributed by atoms with E-state index in [4.69, 9.17) is 23.2 Å². The number of halogens is 2. The molecular formula is C35H37Cl2N3O4S. The molecule has 4 aromatic carbocycles. The Hall–Kier alpha value is -3.85. The van der Waals surface area contributed by atoms with Crippen molar-refractivity contribution in [2.24, 2.45) is 5.92 Å². The molecule has 2 amide bonds. The Balaban J connectivity index is 1.80. The molecular weight excluding hydrogens is 629 g/mol. The minimum atomic E-state index is -4.24. The summed E-state index contributed by atoms with van der Waals surface area (Å²) in [6.45, 7) is 5.71. The molecule has 0 saturated carbocycles. The van der Waals surface area contributed by atoms with Gasteiger partial charge in [-0.1, -0.05) is 109 Å². The van der Waals surface area contributed by atoms with Gasteiger partial charge in [0.05, 0.1) is 15.6 Å². The fourth-order valence-corrected chi connectivity index (χ4v) is 6.61. The number of carbonyl (C=O) groups is 2. The van der Waals surface area contributed by atoms with Crippen LogP contribution in [-0.2, 0) is 32.6 Å². The zero-order chi connectivity index (χ0) is 32.6. The summed E-state index contributed by atoms with van der Waals surface area (Å²) in [5.74, 6) is -0.719. The highest BCUT2D eigenvalue weighted by Crippen LogP contribution is 2.31. The van der Waals surface area contributed by atoms with E-state index in [1.54, 1.807) is 60.7 Å². The highest BCUT2D eigenvalue weighted by molar-refractivity contribution is 7.92. The number of aryl methyl sites for hydroxylation is 1. The summed E-state index contributed by atoms with van der Waals surface area (Å²) in [6, 6.07) is 28.3. The highest BCUT2D eigenvalue weighted by Gasteiger charge is 2.35. The maximum atomic E-state index is 14.5. The number of nitrogens with zero attached hydrogens (tertiary/aromatic N) is 2. The van der Waals surface area contributed by atoms with Gasteiger partial charge in [-0.15, -0.1) is 0 Å². The zero-order valence-electron chi connectivity index (χ0n) is 25.5. The zero-order valence-corrected chi connectivity index (χ0v) is 27.8. The molecule has 4 aromatic rings. The molecule has 0 aliphatic rings. The number of carbonyl (C=O) groups excluding carboxylic acids is 2. The number of nitrogens with one attached hydrogen (secondary N) is 1. The molecule has 0 saturated heterocycles. The van der Waals surface area contributed by atoms with E-state index in [0.717, 1.165) is 21.0 Å². The van der Waals surface area contributed by atoms with Crippen LogP contribution in [0.5, 0.6) is 0 Å². The standard InChI is InChI=1S/C35H37Cl2N3O4S/c1-25(2)22-38-35(42)33(21-27-9-5-4-6-10-27)39(23-28-15-17-29(36)18-16-28)34(41)24-40(32-12-8-7-11-31(32)37)45(43,44)30-19-13-26(3)14-20-30/h4-20,25,33H,21-24H2,1-3H3,(H,38,42)/t33-/m0/s1. The van der Waals surface area contributed by atoms with E-state index < -0.39 is 28.5 Å². The Kier molecular flexibility index (Phi) is 11.7. The first-order valence-corrected chi connectivity index (χ1v) is 16.8. The van der Waals surface area contributed by atoms with Gasteiger partial charge in [-0.3, -0.25) is 13.9 Å². The van der Waals surface area contributed by atoms with Crippen LogP contribution in [0.25, 0.3) is 0 Å². The summed E-state index contributed by atoms with van der Waals surface area (Å²) in [7, 11) is -4.24. The van der Waals surface area contributed by atoms with Gasteiger partial charge in [-0.25, -0.2) is 8.42 Å². The number of hydrogen-bond acceptors (Lipinski definition) is 4. The van der Waals surface area contributed by atoms with Gasteiger partial charge in [0.15, 0.2) is 0 Å². The molecule has 7 nitrogen and oxygen atoms in total. The normalized spacial score (nSPS) is 12.0. The van der Waals surface area contributed by atoms with E-state index in [1.165, 1.54) is 17.0 Å². The predicted octanol–water partition coefficient (Wildman–Crippen LogP) is 6.91. The van der Waals surface area contributed by atoms with E-state index in [9.17, 15) is 18.0 Å². The van der Waals surface area contributed by atoms with Crippen LogP contribution < -0.4 is 9.62 Å². The fourth-order valence-electron chi connectivity index (χ4n) is 4.77. The van der Waals surface area contributed by atoms with Crippen molar-refractivity contribution in [3.8, 4) is 0 Å². The third kappa shape index (κ3) is 9.10. The van der Waals surface area contributed by atoms with E-state index >= 15 is 0 Å². The fraction of sp³-hybridized carbons (Fsp3) is 0.257. The van der Waals surface area contributed by atoms with Crippen molar-refractivity contribution in [1.82, 2.24) is 10.2 Å². The molecule has 0 radical (unpaired) electrons. The topological polar surface area (TPSA) is 86.8 Å². The molecule has 45 heavy (non-hydrogen) atoms. The first-order chi connectivity index (χ1) is 21.5. The quantitative estimate of drug-likeness (QED) is 0.168. The Morgan fingerprint density at radius 2 is 1.42 bits per heavy atom. The average Bonchev–Trinajstić information content (AvgIpc) is 3.02. The maximum Gasteiger partial charge on any atom is 0.264 e. The highest BCUT2D eigenvalue weighted by atomic mass is 35.5. The van der Waals surface area contributed by atoms with Crippen LogP contribution in [0.15, 0.2) is 108 Å². The molecule has 0 aliphatic heterocycles. The molecule has 1 N–H and O–H groups in total. The average molecular weight is 667 g/mol. The summed E-state index contributed by atoms with van der Waals surface area (Å²) >= 11 is 12.7. The lowest BCUT2D eigenvalue weighted by atomic mass is 10.0. The van der Waals surface area contributed by atoms with Crippen molar-refractivity contribution in [1.29, 1.82) is 0 Å². The maximum absolute atomic E-state index is 14.5. The lowest BCUT2D eigenvalue weighted by Gasteiger charge is -2.34. The van der Waals surface area contributed by atoms with Crippen molar-refractivity contribution >= 4 is 50.7 Å². The molecule has 10 heteroatoms. The van der Waals surface area contributed by atoms with Crippen molar-refractivity contribution in [3.63, 3.8) is 0 Å². The number of amides is 2. The number of benzene rings is 4. The van der Waals surface area contributed by atoms with Gasteiger partial charge in [0.1, 0.15) is 12.6 Å². The summed E-state index contributed by atoms with van der Waals surface area (Å²) < 4.78 is 29.3. The van der Waals surface area contributed by atoms with E-state index in [2.05, 4.69) is 5.32 Å². The molecule has 1 atom stereocenters. The second-order valence-electron chi connectivity index (χ2n) is 11.3. The van der Waals surface area contributed by atoms with Gasteiger partial charge in [0.25, 0.3) is 10.0 Å². The number of anilines is 1. The van der Waals surface area contributed by atoms with Crippen LogP contribution >= 0.6 is 23.2 Å². The van der Waals surface area contributed by atoms with Crippen LogP contribution in [0.2, 0.25) is 10.0 Å². The Morgan fingerprint density at radius 1 is 0.800 bits per heavy atom. The SMILES string of the molecule is Cc1ccc(S(=O)(=O)N(CC(=O)N(Cc2ccc(Cl)cc2)[C@@H](Cc2ccccc2)C(=O)NCC(C)C)c2ccccc2Cl)cc1. The predicted molar refractivity (Wildman–Crippen MR) is 181 cm³/mol. The van der Waals surface area contributed by atoms with Crippen LogP contribution in [0.3, 0.4) is 0 Å². The van der Waals surface area contributed by atoms with Crippen molar-refractivity contribution in [2.45, 2.75) is 44.7 Å². The van der Waals surface area contributed by atoms with Crippen molar-refractivity contribution in [3.05, 3.63) is 130 Å². The van der Waals surface area contributed by atoms with Crippen LogP contribution in [0, 0.1) is 12.8 Å². The second kappa shape index (κ2) is 15.4. The summed E-state index contributed by atoms with van der Waals surface area (Å²) in [5.41, 5.74) is 2.63. The number of rotatable bonds is 13. The third-order valence-electron chi connectivity index (χ3n) is 7.23.